The lowest BCUT2D eigenvalue weighted by Gasteiger charge is -2.60. The fraction of sp³-hybridized carbons (Fsp3) is 0.786. The van der Waals surface area contributed by atoms with Crippen LogP contribution in [0.4, 0.5) is 0 Å². The quantitative estimate of drug-likeness (QED) is 0.298. The van der Waals surface area contributed by atoms with E-state index >= 15 is 0 Å². The van der Waals surface area contributed by atoms with Gasteiger partial charge in [-0.3, -0.25) is 9.59 Å². The Morgan fingerprint density at radius 3 is 2.59 bits per heavy atom. The number of amides is 1. The van der Waals surface area contributed by atoms with Gasteiger partial charge in [0, 0.05) is 18.4 Å². The molecular weight excluding hydrogens is 508 g/mol. The maximum Gasteiger partial charge on any atom is 0.326 e. The zero-order valence-corrected chi connectivity index (χ0v) is 22.6. The summed E-state index contributed by atoms with van der Waals surface area (Å²) in [7, 11) is 0. The summed E-state index contributed by atoms with van der Waals surface area (Å²) in [5, 5.41) is 55.6. The van der Waals surface area contributed by atoms with Crippen molar-refractivity contribution < 1.29 is 44.8 Å². The van der Waals surface area contributed by atoms with Crippen LogP contribution in [0.5, 0.6) is 0 Å². The van der Waals surface area contributed by atoms with Gasteiger partial charge in [-0.15, -0.1) is 0 Å². The zero-order valence-electron chi connectivity index (χ0n) is 22.6. The van der Waals surface area contributed by atoms with Crippen LogP contribution >= 0.6 is 0 Å². The third kappa shape index (κ3) is 4.32. The first-order valence-electron chi connectivity index (χ1n) is 14.0. The molecule has 1 amide bonds. The standard InChI is InChI=1S/C28H40N2O9/c1-26-7-5-16(29-39-14-23(35)30-12-17(32)10-20(30)25(36)37)9-15(26)3-4-18-19-6-8-28(38,22(34)13-31)27(19,2)11-21(33)24(18)26/h9,17-21,24,31-33,38H,3-8,10-14H2,1-2H3,(H,36,37)/b29-16-/t17-,18-,19-,20+,21-,24+,26-,27-,28-/m0/s1. The molecule has 4 fully saturated rings. The Balaban J connectivity index is 1.29. The Kier molecular flexibility index (Phi) is 7.18. The second-order valence-electron chi connectivity index (χ2n) is 12.7. The van der Waals surface area contributed by atoms with Crippen LogP contribution < -0.4 is 0 Å². The highest BCUT2D eigenvalue weighted by molar-refractivity contribution is 5.96. The van der Waals surface area contributed by atoms with Gasteiger partial charge in [-0.1, -0.05) is 24.6 Å². The van der Waals surface area contributed by atoms with Crippen molar-refractivity contribution in [3.05, 3.63) is 11.6 Å². The second kappa shape index (κ2) is 9.94. The number of fused-ring (bicyclic) bond motifs is 5. The van der Waals surface area contributed by atoms with E-state index in [1.54, 1.807) is 0 Å². The van der Waals surface area contributed by atoms with Crippen LogP contribution in [0.25, 0.3) is 0 Å². The number of ketones is 1. The lowest BCUT2D eigenvalue weighted by molar-refractivity contribution is -0.181. The third-order valence-electron chi connectivity index (χ3n) is 10.9. The Morgan fingerprint density at radius 2 is 1.90 bits per heavy atom. The molecule has 3 saturated carbocycles. The molecule has 0 aromatic carbocycles. The topological polar surface area (TPSA) is 177 Å². The van der Waals surface area contributed by atoms with E-state index in [1.807, 2.05) is 13.0 Å². The summed E-state index contributed by atoms with van der Waals surface area (Å²) in [6.45, 7) is 2.91. The molecule has 5 N–H and O–H groups in total. The second-order valence-corrected chi connectivity index (χ2v) is 12.7. The first-order chi connectivity index (χ1) is 18.4. The number of oxime groups is 1. The van der Waals surface area contributed by atoms with Gasteiger partial charge in [-0.2, -0.15) is 0 Å². The Morgan fingerprint density at radius 1 is 1.15 bits per heavy atom. The molecule has 11 nitrogen and oxygen atoms in total. The molecular formula is C28H40N2O9. The monoisotopic (exact) mass is 548 g/mol. The van der Waals surface area contributed by atoms with Crippen molar-refractivity contribution in [2.24, 2.45) is 33.7 Å². The highest BCUT2D eigenvalue weighted by Gasteiger charge is 2.68. The van der Waals surface area contributed by atoms with Crippen molar-refractivity contribution in [1.82, 2.24) is 4.90 Å². The van der Waals surface area contributed by atoms with E-state index in [9.17, 15) is 39.9 Å². The summed E-state index contributed by atoms with van der Waals surface area (Å²) in [5.74, 6) is -2.06. The molecule has 4 aliphatic carbocycles. The molecule has 0 aromatic rings. The number of hydrogen-bond acceptors (Lipinski definition) is 9. The van der Waals surface area contributed by atoms with Crippen molar-refractivity contribution >= 4 is 23.4 Å². The molecule has 1 aliphatic heterocycles. The molecule has 5 rings (SSSR count). The van der Waals surface area contributed by atoms with E-state index in [1.165, 1.54) is 5.57 Å². The van der Waals surface area contributed by atoms with E-state index in [2.05, 4.69) is 12.1 Å². The molecule has 39 heavy (non-hydrogen) atoms. The fourth-order valence-corrected chi connectivity index (χ4v) is 8.94. The summed E-state index contributed by atoms with van der Waals surface area (Å²) in [6.07, 6.45) is 4.61. The Labute approximate surface area is 227 Å². The summed E-state index contributed by atoms with van der Waals surface area (Å²) in [4.78, 5) is 42.9. The largest absolute Gasteiger partial charge is 0.480 e. The van der Waals surface area contributed by atoms with E-state index in [0.717, 1.165) is 24.2 Å². The van der Waals surface area contributed by atoms with Crippen LogP contribution in [0.1, 0.15) is 65.2 Å². The number of allylic oxidation sites excluding steroid dienone is 2. The van der Waals surface area contributed by atoms with E-state index in [0.29, 0.717) is 31.4 Å². The summed E-state index contributed by atoms with van der Waals surface area (Å²) in [6, 6.07) is -1.07. The van der Waals surface area contributed by atoms with Gasteiger partial charge in [0.15, 0.2) is 12.4 Å². The van der Waals surface area contributed by atoms with Gasteiger partial charge in [0.05, 0.1) is 17.9 Å². The van der Waals surface area contributed by atoms with Gasteiger partial charge in [0.1, 0.15) is 18.2 Å². The van der Waals surface area contributed by atoms with Crippen LogP contribution in [-0.4, -0.2) is 97.4 Å². The van der Waals surface area contributed by atoms with E-state index in [-0.39, 0.29) is 36.1 Å². The SMILES string of the molecule is C[C@]12CC/C(=N/OCC(=O)N3C[C@@H](O)C[C@@H]3C(=O)O)C=C1CC[C@@H]1[C@@H]2[C@@H](O)C[C@@]2(C)[C@H]1CC[C@]2(O)C(=O)CO. The minimum absolute atomic E-state index is 0.00861. The molecule has 0 unspecified atom stereocenters. The van der Waals surface area contributed by atoms with Gasteiger partial charge in [-0.25, -0.2) is 4.79 Å². The summed E-state index contributed by atoms with van der Waals surface area (Å²) >= 11 is 0. The van der Waals surface area contributed by atoms with Crippen molar-refractivity contribution in [2.45, 2.75) is 89.1 Å². The van der Waals surface area contributed by atoms with Gasteiger partial charge in [0.25, 0.3) is 5.91 Å². The van der Waals surface area contributed by atoms with Gasteiger partial charge in [-0.05, 0) is 74.2 Å². The number of aliphatic hydroxyl groups is 4. The number of carboxylic acid groups (broad SMARTS) is 1. The van der Waals surface area contributed by atoms with Gasteiger partial charge in [0.2, 0.25) is 0 Å². The number of aliphatic hydroxyl groups excluding tert-OH is 3. The number of β-amino-alcohol motifs (C(OH)–C–C–N with tert-alkyl or cyclic N) is 1. The van der Waals surface area contributed by atoms with Crippen LogP contribution in [0.3, 0.4) is 0 Å². The van der Waals surface area contributed by atoms with Crippen LogP contribution in [0.2, 0.25) is 0 Å². The van der Waals surface area contributed by atoms with Crippen LogP contribution in [-0.2, 0) is 19.2 Å². The number of hydrogen-bond donors (Lipinski definition) is 5. The third-order valence-corrected chi connectivity index (χ3v) is 10.9. The molecule has 11 heteroatoms. The fourth-order valence-electron chi connectivity index (χ4n) is 8.94. The first kappa shape index (κ1) is 28.2. The van der Waals surface area contributed by atoms with Crippen LogP contribution in [0.15, 0.2) is 16.8 Å². The normalized spacial score (nSPS) is 44.3. The van der Waals surface area contributed by atoms with Crippen LogP contribution in [0, 0.1) is 28.6 Å². The van der Waals surface area contributed by atoms with Crippen molar-refractivity contribution in [3.8, 4) is 0 Å². The molecule has 0 aromatic heterocycles. The molecule has 1 saturated heterocycles. The minimum atomic E-state index is -1.62. The minimum Gasteiger partial charge on any atom is -0.480 e. The zero-order chi connectivity index (χ0) is 28.3. The summed E-state index contributed by atoms with van der Waals surface area (Å²) in [5.41, 5.74) is -0.824. The first-order valence-corrected chi connectivity index (χ1v) is 14.0. The van der Waals surface area contributed by atoms with E-state index < -0.39 is 60.1 Å². The number of likely N-dealkylation sites (tertiary alicyclic amines) is 1. The maximum atomic E-state index is 12.6. The highest BCUT2D eigenvalue weighted by Crippen LogP contribution is 2.67. The molecule has 216 valence electrons. The smallest absolute Gasteiger partial charge is 0.326 e. The number of nitrogens with zero attached hydrogens (tertiary/aromatic N) is 2. The predicted molar refractivity (Wildman–Crippen MR) is 137 cm³/mol. The molecule has 9 atom stereocenters. The number of carbonyl (C=O) groups is 3. The Hall–Kier alpha value is -2.34. The molecule has 5 aliphatic rings. The van der Waals surface area contributed by atoms with Gasteiger partial charge < -0.3 is 35.3 Å². The molecule has 1 heterocycles. The molecule has 0 spiro atoms. The number of aliphatic carboxylic acids is 1. The van der Waals surface area contributed by atoms with E-state index in [4.69, 9.17) is 4.84 Å². The number of carbonyl (C=O) groups excluding carboxylic acids is 2. The number of Topliss-reactive ketones (excluding diaryl/α,β-unsaturated/α-hetero) is 1. The van der Waals surface area contributed by atoms with Crippen molar-refractivity contribution in [1.29, 1.82) is 0 Å². The average molecular weight is 549 g/mol. The highest BCUT2D eigenvalue weighted by atomic mass is 16.6. The summed E-state index contributed by atoms with van der Waals surface area (Å²) < 4.78 is 0. The lowest BCUT2D eigenvalue weighted by Crippen LogP contribution is -2.62. The molecule has 0 bridgehead atoms. The number of rotatable bonds is 6. The lowest BCUT2D eigenvalue weighted by atomic mass is 9.45. The molecule has 0 radical (unpaired) electrons. The maximum absolute atomic E-state index is 12.6. The predicted octanol–water partition coefficient (Wildman–Crippen LogP) is 0.631. The van der Waals surface area contributed by atoms with Crippen molar-refractivity contribution in [2.75, 3.05) is 19.8 Å². The number of carboxylic acids is 1. The Bertz CT molecular complexity index is 1110. The van der Waals surface area contributed by atoms with Gasteiger partial charge >= 0.3 is 5.97 Å². The van der Waals surface area contributed by atoms with Crippen molar-refractivity contribution in [3.63, 3.8) is 0 Å². The average Bonchev–Trinajstić information content (AvgIpc) is 3.41.